The van der Waals surface area contributed by atoms with Crippen molar-refractivity contribution in [3.63, 3.8) is 0 Å². The van der Waals surface area contributed by atoms with Gasteiger partial charge in [-0.3, -0.25) is 4.79 Å². The lowest BCUT2D eigenvalue weighted by Gasteiger charge is -2.17. The van der Waals surface area contributed by atoms with Crippen molar-refractivity contribution < 1.29 is 18.3 Å². The zero-order valence-electron chi connectivity index (χ0n) is 10.4. The Labute approximate surface area is 111 Å². The second kappa shape index (κ2) is 6.31. The molecule has 0 aliphatic carbocycles. The molecule has 0 spiro atoms. The molecule has 0 aliphatic rings. The minimum absolute atomic E-state index is 0.0599. The first-order valence-electron chi connectivity index (χ1n) is 5.57. The summed E-state index contributed by atoms with van der Waals surface area (Å²) in [4.78, 5) is 10.3. The first-order chi connectivity index (χ1) is 8.89. The highest BCUT2D eigenvalue weighted by atomic mass is 32.2. The van der Waals surface area contributed by atoms with Crippen molar-refractivity contribution in [1.82, 2.24) is 4.31 Å². The lowest BCUT2D eigenvalue weighted by molar-refractivity contribution is -0.137. The fourth-order valence-electron chi connectivity index (χ4n) is 1.52. The molecule has 1 rings (SSSR count). The Kier molecular flexibility index (Phi) is 5.03. The molecular weight excluding hydrogens is 268 g/mol. The monoisotopic (exact) mass is 282 g/mol. The van der Waals surface area contributed by atoms with Gasteiger partial charge in [-0.15, -0.1) is 0 Å². The topological polar surface area (TPSA) is 98.5 Å². The van der Waals surface area contributed by atoms with Crippen LogP contribution in [0.2, 0.25) is 0 Å². The largest absolute Gasteiger partial charge is 0.481 e. The van der Waals surface area contributed by atoms with E-state index in [2.05, 4.69) is 0 Å². The number of carbonyl (C=O) groups is 1. The second-order valence-electron chi connectivity index (χ2n) is 3.93. The molecule has 0 unspecified atom stereocenters. The van der Waals surface area contributed by atoms with Crippen molar-refractivity contribution in [2.24, 2.45) is 0 Å². The second-order valence-corrected chi connectivity index (χ2v) is 5.95. The number of rotatable bonds is 6. The first kappa shape index (κ1) is 15.1. The van der Waals surface area contributed by atoms with E-state index in [1.165, 1.54) is 19.2 Å². The van der Waals surface area contributed by atoms with Crippen molar-refractivity contribution in [3.05, 3.63) is 29.8 Å². The fourth-order valence-corrected chi connectivity index (χ4v) is 2.87. The Hall–Kier alpha value is -1.91. The molecule has 7 heteroatoms. The fraction of sp³-hybridized carbons (Fsp3) is 0.333. The van der Waals surface area contributed by atoms with Crippen molar-refractivity contribution in [1.29, 1.82) is 5.26 Å². The van der Waals surface area contributed by atoms with Crippen LogP contribution >= 0.6 is 0 Å². The lowest BCUT2D eigenvalue weighted by atomic mass is 10.2. The number of nitrogens with zero attached hydrogens (tertiary/aromatic N) is 2. The molecule has 0 aromatic heterocycles. The molecule has 6 nitrogen and oxygen atoms in total. The molecular formula is C12H14N2O4S. The third-order valence-corrected chi connectivity index (χ3v) is 4.47. The molecule has 102 valence electrons. The van der Waals surface area contributed by atoms with E-state index in [-0.39, 0.29) is 29.8 Å². The van der Waals surface area contributed by atoms with Crippen LogP contribution in [-0.2, 0) is 14.8 Å². The number of carboxylic acids is 1. The molecule has 1 aromatic carbocycles. The molecule has 1 N–H and O–H groups in total. The molecule has 0 atom stereocenters. The SMILES string of the molecule is CN(CCCC(=O)O)S(=O)(=O)c1ccccc1C#N. The summed E-state index contributed by atoms with van der Waals surface area (Å²) in [6, 6.07) is 7.75. The Bertz CT molecular complexity index is 604. The number of carboxylic acid groups (broad SMARTS) is 1. The molecule has 0 saturated heterocycles. The van der Waals surface area contributed by atoms with Crippen LogP contribution in [-0.4, -0.2) is 37.4 Å². The molecule has 1 aromatic rings. The number of nitriles is 1. The van der Waals surface area contributed by atoms with E-state index in [0.717, 1.165) is 4.31 Å². The zero-order chi connectivity index (χ0) is 14.5. The van der Waals surface area contributed by atoms with Crippen LogP contribution in [0.15, 0.2) is 29.2 Å². The van der Waals surface area contributed by atoms with Gasteiger partial charge in [0.05, 0.1) is 10.5 Å². The first-order valence-corrected chi connectivity index (χ1v) is 7.01. The Morgan fingerprint density at radius 3 is 2.63 bits per heavy atom. The van der Waals surface area contributed by atoms with Crippen LogP contribution in [0.4, 0.5) is 0 Å². The van der Waals surface area contributed by atoms with Gasteiger partial charge in [-0.25, -0.2) is 12.7 Å². The van der Waals surface area contributed by atoms with Gasteiger partial charge in [-0.1, -0.05) is 12.1 Å². The van der Waals surface area contributed by atoms with E-state index < -0.39 is 16.0 Å². The molecule has 0 amide bonds. The minimum atomic E-state index is -3.76. The molecule has 0 radical (unpaired) electrons. The number of hydrogen-bond acceptors (Lipinski definition) is 4. The van der Waals surface area contributed by atoms with Gasteiger partial charge >= 0.3 is 5.97 Å². The smallest absolute Gasteiger partial charge is 0.303 e. The molecule has 0 bridgehead atoms. The van der Waals surface area contributed by atoms with Crippen molar-refractivity contribution in [2.45, 2.75) is 17.7 Å². The normalized spacial score (nSPS) is 11.2. The molecule has 0 saturated carbocycles. The van der Waals surface area contributed by atoms with Crippen molar-refractivity contribution in [3.8, 4) is 6.07 Å². The van der Waals surface area contributed by atoms with Gasteiger partial charge in [-0.05, 0) is 18.6 Å². The highest BCUT2D eigenvalue weighted by molar-refractivity contribution is 7.89. The summed E-state index contributed by atoms with van der Waals surface area (Å²) in [5.41, 5.74) is 0.0765. The highest BCUT2D eigenvalue weighted by Crippen LogP contribution is 2.18. The Balaban J connectivity index is 2.91. The van der Waals surface area contributed by atoms with Crippen molar-refractivity contribution >= 4 is 16.0 Å². The van der Waals surface area contributed by atoms with Gasteiger partial charge in [0.2, 0.25) is 10.0 Å². The van der Waals surface area contributed by atoms with Gasteiger partial charge in [0.15, 0.2) is 0 Å². The maximum Gasteiger partial charge on any atom is 0.303 e. The highest BCUT2D eigenvalue weighted by Gasteiger charge is 2.23. The van der Waals surface area contributed by atoms with E-state index in [4.69, 9.17) is 10.4 Å². The summed E-state index contributed by atoms with van der Waals surface area (Å²) in [6.45, 7) is 0.0917. The quantitative estimate of drug-likeness (QED) is 0.840. The summed E-state index contributed by atoms with van der Waals surface area (Å²) in [5.74, 6) is -0.969. The van der Waals surface area contributed by atoms with Gasteiger partial charge in [0.25, 0.3) is 0 Å². The standard InChI is InChI=1S/C12H14N2O4S/c1-14(8-4-7-12(15)16)19(17,18)11-6-3-2-5-10(11)9-13/h2-3,5-6H,4,7-8H2,1H3,(H,15,16). The molecule has 0 fully saturated rings. The average molecular weight is 282 g/mol. The predicted octanol–water partition coefficient (Wildman–Crippen LogP) is 1.04. The summed E-state index contributed by atoms with van der Waals surface area (Å²) in [6.07, 6.45) is 0.125. The van der Waals surface area contributed by atoms with E-state index in [1.807, 2.05) is 6.07 Å². The predicted molar refractivity (Wildman–Crippen MR) is 67.8 cm³/mol. The molecule has 0 heterocycles. The van der Waals surface area contributed by atoms with E-state index in [1.54, 1.807) is 12.1 Å². The summed E-state index contributed by atoms with van der Waals surface area (Å²) in [5, 5.41) is 17.4. The third kappa shape index (κ3) is 3.77. The molecule has 0 aliphatic heterocycles. The maximum absolute atomic E-state index is 12.2. The van der Waals surface area contributed by atoms with E-state index >= 15 is 0 Å². The summed E-state index contributed by atoms with van der Waals surface area (Å²) >= 11 is 0. The summed E-state index contributed by atoms with van der Waals surface area (Å²) in [7, 11) is -2.40. The number of sulfonamides is 1. The van der Waals surface area contributed by atoms with Crippen LogP contribution < -0.4 is 0 Å². The number of hydrogen-bond donors (Lipinski definition) is 1. The minimum Gasteiger partial charge on any atom is -0.481 e. The number of benzene rings is 1. The average Bonchev–Trinajstić information content (AvgIpc) is 2.38. The third-order valence-electron chi connectivity index (χ3n) is 2.56. The maximum atomic E-state index is 12.2. The van der Waals surface area contributed by atoms with Gasteiger partial charge in [-0.2, -0.15) is 5.26 Å². The van der Waals surface area contributed by atoms with E-state index in [0.29, 0.717) is 0 Å². The van der Waals surface area contributed by atoms with Gasteiger partial charge < -0.3 is 5.11 Å². The van der Waals surface area contributed by atoms with Crippen LogP contribution in [0.1, 0.15) is 18.4 Å². The van der Waals surface area contributed by atoms with E-state index in [9.17, 15) is 13.2 Å². The Morgan fingerprint density at radius 1 is 1.42 bits per heavy atom. The van der Waals surface area contributed by atoms with Crippen molar-refractivity contribution in [2.75, 3.05) is 13.6 Å². The zero-order valence-corrected chi connectivity index (χ0v) is 11.2. The lowest BCUT2D eigenvalue weighted by Crippen LogP contribution is -2.28. The number of aliphatic carboxylic acids is 1. The van der Waals surface area contributed by atoms with Gasteiger partial charge in [0.1, 0.15) is 6.07 Å². The summed E-state index contributed by atoms with van der Waals surface area (Å²) < 4.78 is 25.5. The van der Waals surface area contributed by atoms with Crippen LogP contribution in [0, 0.1) is 11.3 Å². The van der Waals surface area contributed by atoms with Crippen LogP contribution in [0.25, 0.3) is 0 Å². The van der Waals surface area contributed by atoms with Crippen LogP contribution in [0.5, 0.6) is 0 Å². The van der Waals surface area contributed by atoms with Gasteiger partial charge in [0, 0.05) is 20.0 Å². The Morgan fingerprint density at radius 2 is 2.05 bits per heavy atom. The molecule has 19 heavy (non-hydrogen) atoms. The van der Waals surface area contributed by atoms with Crippen LogP contribution in [0.3, 0.4) is 0 Å².